The largest absolute Gasteiger partial charge is 0.399 e. The molecular formula is C45H53N3O7. The highest BCUT2D eigenvalue weighted by atomic mass is 16.7. The molecular weight excluding hydrogens is 695 g/mol. The molecule has 0 aromatic heterocycles. The number of urea groups is 1. The van der Waals surface area contributed by atoms with Gasteiger partial charge in [0.2, 0.25) is 0 Å². The van der Waals surface area contributed by atoms with Crippen molar-refractivity contribution in [1.82, 2.24) is 9.80 Å². The third kappa shape index (κ3) is 11.1. The van der Waals surface area contributed by atoms with Crippen molar-refractivity contribution < 1.29 is 33.2 Å². The van der Waals surface area contributed by atoms with E-state index in [-0.39, 0.29) is 19.6 Å². The number of methoxy groups -OCH3 is 2. The summed E-state index contributed by atoms with van der Waals surface area (Å²) < 4.78 is 36.1. The van der Waals surface area contributed by atoms with E-state index in [1.165, 1.54) is 0 Å². The molecule has 4 atom stereocenters. The molecule has 0 saturated carbocycles. The predicted molar refractivity (Wildman–Crippen MR) is 214 cm³/mol. The second kappa shape index (κ2) is 20.8. The second-order valence-electron chi connectivity index (χ2n) is 13.8. The van der Waals surface area contributed by atoms with E-state index in [9.17, 15) is 0 Å². The topological polar surface area (TPSA) is 105 Å². The first-order chi connectivity index (χ1) is 27.0. The van der Waals surface area contributed by atoms with Crippen molar-refractivity contribution >= 4 is 22.5 Å². The number of fused-ring (bicyclic) bond motifs is 1. The first kappa shape index (κ1) is 39.9. The minimum Gasteiger partial charge on any atom is -0.399 e. The Bertz CT molecular complexity index is 1900. The Morgan fingerprint density at radius 2 is 1.02 bits per heavy atom. The van der Waals surface area contributed by atoms with Crippen LogP contribution in [0.4, 0.5) is 10.5 Å². The number of hydrogen-bond acceptors (Lipinski definition) is 8. The summed E-state index contributed by atoms with van der Waals surface area (Å²) in [5, 5.41) is 2.24. The van der Waals surface area contributed by atoms with Gasteiger partial charge in [-0.25, -0.2) is 4.79 Å². The summed E-state index contributed by atoms with van der Waals surface area (Å²) >= 11 is 0. The van der Waals surface area contributed by atoms with Crippen molar-refractivity contribution in [2.75, 3.05) is 60.0 Å². The van der Waals surface area contributed by atoms with Crippen molar-refractivity contribution in [3.8, 4) is 0 Å². The predicted octanol–water partition coefficient (Wildman–Crippen LogP) is 7.09. The van der Waals surface area contributed by atoms with Crippen LogP contribution in [0.3, 0.4) is 0 Å². The van der Waals surface area contributed by atoms with Crippen LogP contribution >= 0.6 is 0 Å². The molecule has 290 valence electrons. The second-order valence-corrected chi connectivity index (χ2v) is 13.8. The van der Waals surface area contributed by atoms with E-state index >= 15 is 4.79 Å². The minimum absolute atomic E-state index is 0.0189. The monoisotopic (exact) mass is 747 g/mol. The molecule has 0 spiro atoms. The number of anilines is 1. The van der Waals surface area contributed by atoms with Crippen molar-refractivity contribution in [2.24, 2.45) is 0 Å². The number of benzene rings is 5. The molecule has 0 aliphatic carbocycles. The number of nitrogens with two attached hydrogens (primary N) is 1. The SMILES string of the molecule is COCCOCO[C@@H]1[C@@H](OCOCCOC)[C@@H](Cc2ccccc2)N(Cc2ccc3ccccc3c2)C(=O)N(Cc2cccc(N)c2)[C@@H]1Cc1ccccc1. The van der Waals surface area contributed by atoms with Gasteiger partial charge in [-0.1, -0.05) is 109 Å². The van der Waals surface area contributed by atoms with Crippen LogP contribution in [0.25, 0.3) is 10.8 Å². The maximum atomic E-state index is 15.6. The van der Waals surface area contributed by atoms with E-state index in [4.69, 9.17) is 34.2 Å². The lowest BCUT2D eigenvalue weighted by Crippen LogP contribution is -2.53. The Morgan fingerprint density at radius 1 is 0.527 bits per heavy atom. The summed E-state index contributed by atoms with van der Waals surface area (Å²) in [5.74, 6) is 0. The summed E-state index contributed by atoms with van der Waals surface area (Å²) in [7, 11) is 3.27. The number of amides is 2. The number of carbonyl (C=O) groups excluding carboxylic acids is 1. The van der Waals surface area contributed by atoms with E-state index in [1.54, 1.807) is 14.2 Å². The molecule has 5 aromatic carbocycles. The quantitative estimate of drug-likeness (QED) is 0.0512. The van der Waals surface area contributed by atoms with Gasteiger partial charge in [-0.2, -0.15) is 0 Å². The molecule has 2 amide bonds. The number of nitrogen functional groups attached to an aromatic ring is 1. The summed E-state index contributed by atoms with van der Waals surface area (Å²) in [4.78, 5) is 19.5. The van der Waals surface area contributed by atoms with Crippen LogP contribution in [-0.4, -0.2) is 94.4 Å². The fraction of sp³-hybridized carbons (Fsp3) is 0.356. The van der Waals surface area contributed by atoms with Crippen LogP contribution in [0.2, 0.25) is 0 Å². The molecule has 10 heteroatoms. The Hall–Kier alpha value is -4.81. The van der Waals surface area contributed by atoms with Crippen molar-refractivity contribution in [3.63, 3.8) is 0 Å². The molecule has 1 saturated heterocycles. The molecule has 1 fully saturated rings. The smallest absolute Gasteiger partial charge is 0.321 e. The van der Waals surface area contributed by atoms with Crippen LogP contribution in [-0.2, 0) is 54.4 Å². The molecule has 5 aromatic rings. The maximum absolute atomic E-state index is 15.6. The molecule has 10 nitrogen and oxygen atoms in total. The molecule has 0 bridgehead atoms. The Labute approximate surface area is 324 Å². The first-order valence-electron chi connectivity index (χ1n) is 18.9. The normalized spacial score (nSPS) is 18.8. The van der Waals surface area contributed by atoms with Gasteiger partial charge in [0.1, 0.15) is 25.8 Å². The van der Waals surface area contributed by atoms with Gasteiger partial charge in [0.15, 0.2) is 0 Å². The van der Waals surface area contributed by atoms with Gasteiger partial charge in [-0.3, -0.25) is 0 Å². The lowest BCUT2D eigenvalue weighted by molar-refractivity contribution is -0.192. The van der Waals surface area contributed by atoms with E-state index in [0.717, 1.165) is 33.0 Å². The molecule has 1 aliphatic rings. The fourth-order valence-electron chi connectivity index (χ4n) is 7.26. The zero-order valence-electron chi connectivity index (χ0n) is 31.8. The summed E-state index contributed by atoms with van der Waals surface area (Å²) in [6, 6.07) is 41.7. The average Bonchev–Trinajstić information content (AvgIpc) is 3.28. The highest BCUT2D eigenvalue weighted by molar-refractivity contribution is 5.83. The van der Waals surface area contributed by atoms with Crippen LogP contribution in [0.5, 0.6) is 0 Å². The number of nitrogens with zero attached hydrogens (tertiary/aromatic N) is 2. The average molecular weight is 748 g/mol. The van der Waals surface area contributed by atoms with Gasteiger partial charge in [-0.05, 0) is 64.1 Å². The molecule has 1 aliphatic heterocycles. The third-order valence-corrected chi connectivity index (χ3v) is 9.97. The molecule has 6 rings (SSSR count). The van der Waals surface area contributed by atoms with Crippen LogP contribution in [0.1, 0.15) is 22.3 Å². The summed E-state index contributed by atoms with van der Waals surface area (Å²) in [6.07, 6.45) is -0.270. The number of rotatable bonds is 20. The fourth-order valence-corrected chi connectivity index (χ4v) is 7.26. The Balaban J connectivity index is 1.50. The molecule has 0 radical (unpaired) electrons. The molecule has 0 unspecified atom stereocenters. The lowest BCUT2D eigenvalue weighted by Gasteiger charge is -2.38. The minimum atomic E-state index is -0.644. The standard InChI is InChI=1S/C45H53N3O7/c1-50-22-24-52-32-54-43-41(28-34-12-5-3-6-13-34)47(30-36-16-11-19-40(46)27-36)45(49)48(31-37-20-21-38-17-9-10-18-39(38)26-37)42(29-35-14-7-4-8-15-35)44(43)55-33-53-25-23-51-2/h3-21,26-27,41-44H,22-25,28-33,46H2,1-2H3/t41-,42-,43+,44+/m1/s1. The number of hydrogen-bond donors (Lipinski definition) is 1. The highest BCUT2D eigenvalue weighted by Gasteiger charge is 2.49. The van der Waals surface area contributed by atoms with Crippen LogP contribution < -0.4 is 5.73 Å². The number of carbonyl (C=O) groups is 1. The van der Waals surface area contributed by atoms with Gasteiger partial charge in [0.05, 0.1) is 38.5 Å². The molecule has 2 N–H and O–H groups in total. The van der Waals surface area contributed by atoms with Gasteiger partial charge in [0, 0.05) is 33.0 Å². The van der Waals surface area contributed by atoms with E-state index < -0.39 is 24.3 Å². The van der Waals surface area contributed by atoms with Gasteiger partial charge in [-0.15, -0.1) is 0 Å². The van der Waals surface area contributed by atoms with Gasteiger partial charge < -0.3 is 44.0 Å². The van der Waals surface area contributed by atoms with Crippen LogP contribution in [0.15, 0.2) is 127 Å². The van der Waals surface area contributed by atoms with E-state index in [2.05, 4.69) is 54.6 Å². The van der Waals surface area contributed by atoms with Crippen molar-refractivity contribution in [2.45, 2.75) is 50.2 Å². The lowest BCUT2D eigenvalue weighted by atomic mass is 9.90. The van der Waals surface area contributed by atoms with Crippen molar-refractivity contribution in [3.05, 3.63) is 150 Å². The van der Waals surface area contributed by atoms with E-state index in [1.807, 2.05) is 82.6 Å². The third-order valence-electron chi connectivity index (χ3n) is 9.97. The molecule has 1 heterocycles. The van der Waals surface area contributed by atoms with Gasteiger partial charge in [0.25, 0.3) is 0 Å². The summed E-state index contributed by atoms with van der Waals surface area (Å²) in [6.45, 7) is 2.15. The molecule has 55 heavy (non-hydrogen) atoms. The maximum Gasteiger partial charge on any atom is 0.321 e. The van der Waals surface area contributed by atoms with Crippen LogP contribution in [0, 0.1) is 0 Å². The van der Waals surface area contributed by atoms with E-state index in [0.29, 0.717) is 58.0 Å². The Morgan fingerprint density at radius 3 is 1.55 bits per heavy atom. The highest BCUT2D eigenvalue weighted by Crippen LogP contribution is 2.34. The zero-order chi connectivity index (χ0) is 38.2. The first-order valence-corrected chi connectivity index (χ1v) is 18.9. The zero-order valence-corrected chi connectivity index (χ0v) is 31.8. The van der Waals surface area contributed by atoms with Crippen molar-refractivity contribution in [1.29, 1.82) is 0 Å². The Kier molecular flexibility index (Phi) is 15.0. The number of ether oxygens (including phenoxy) is 6. The van der Waals surface area contributed by atoms with Gasteiger partial charge >= 0.3 is 6.03 Å². The summed E-state index contributed by atoms with van der Waals surface area (Å²) in [5.41, 5.74) is 11.0.